The summed E-state index contributed by atoms with van der Waals surface area (Å²) in [6.45, 7) is 3.27. The fourth-order valence-corrected chi connectivity index (χ4v) is 2.05. The van der Waals surface area contributed by atoms with E-state index < -0.39 is 11.7 Å². The predicted octanol–water partition coefficient (Wildman–Crippen LogP) is 4.40. The molecule has 0 spiro atoms. The Labute approximate surface area is 125 Å². The smallest absolute Gasteiger partial charge is 0.259 e. The molecule has 0 aliphatic carbocycles. The molecule has 1 heterocycles. The van der Waals surface area contributed by atoms with Crippen LogP contribution < -0.4 is 5.32 Å². The van der Waals surface area contributed by atoms with Crippen molar-refractivity contribution in [2.45, 2.75) is 13.8 Å². The van der Waals surface area contributed by atoms with E-state index in [4.69, 9.17) is 23.2 Å². The van der Waals surface area contributed by atoms with Gasteiger partial charge in [-0.15, -0.1) is 0 Å². The number of anilines is 1. The lowest BCUT2D eigenvalue weighted by Gasteiger charge is -2.09. The third-order valence-electron chi connectivity index (χ3n) is 2.77. The zero-order chi connectivity index (χ0) is 14.9. The molecule has 0 aliphatic rings. The van der Waals surface area contributed by atoms with E-state index in [1.807, 2.05) is 0 Å². The molecule has 1 aromatic carbocycles. The van der Waals surface area contributed by atoms with E-state index in [2.05, 4.69) is 10.3 Å². The maximum Gasteiger partial charge on any atom is 0.259 e. The number of pyridine rings is 1. The first kappa shape index (κ1) is 14.8. The van der Waals surface area contributed by atoms with Crippen LogP contribution in [0.25, 0.3) is 0 Å². The average Bonchev–Trinajstić information content (AvgIpc) is 2.39. The summed E-state index contributed by atoms with van der Waals surface area (Å²) in [4.78, 5) is 16.1. The van der Waals surface area contributed by atoms with Gasteiger partial charge in [0, 0.05) is 0 Å². The molecule has 3 nitrogen and oxygen atoms in total. The van der Waals surface area contributed by atoms with Crippen LogP contribution in [0.3, 0.4) is 0 Å². The van der Waals surface area contributed by atoms with Crippen molar-refractivity contribution in [1.29, 1.82) is 0 Å². The van der Waals surface area contributed by atoms with Gasteiger partial charge in [0.15, 0.2) is 5.82 Å². The van der Waals surface area contributed by atoms with E-state index in [1.165, 1.54) is 12.1 Å². The van der Waals surface area contributed by atoms with Crippen molar-refractivity contribution in [2.24, 2.45) is 0 Å². The molecule has 0 aliphatic heterocycles. The van der Waals surface area contributed by atoms with Crippen LogP contribution in [0.5, 0.6) is 0 Å². The highest BCUT2D eigenvalue weighted by atomic mass is 35.5. The van der Waals surface area contributed by atoms with E-state index in [0.29, 0.717) is 16.3 Å². The molecule has 0 bridgehead atoms. The van der Waals surface area contributed by atoms with Crippen LogP contribution in [0, 0.1) is 19.7 Å². The van der Waals surface area contributed by atoms with Gasteiger partial charge in [0.25, 0.3) is 5.91 Å². The molecule has 0 atom stereocenters. The molecule has 2 aromatic rings. The third kappa shape index (κ3) is 2.92. The average molecular weight is 313 g/mol. The monoisotopic (exact) mass is 312 g/mol. The van der Waals surface area contributed by atoms with Crippen molar-refractivity contribution in [3.8, 4) is 0 Å². The molecule has 0 saturated carbocycles. The minimum atomic E-state index is -0.609. The molecule has 1 aromatic heterocycles. The van der Waals surface area contributed by atoms with E-state index in [-0.39, 0.29) is 16.4 Å². The highest BCUT2D eigenvalue weighted by Gasteiger charge is 2.16. The Morgan fingerprint density at radius 1 is 1.25 bits per heavy atom. The highest BCUT2D eigenvalue weighted by molar-refractivity contribution is 6.36. The summed E-state index contributed by atoms with van der Waals surface area (Å²) in [5.41, 5.74) is 0.857. The second-order valence-corrected chi connectivity index (χ2v) is 5.09. The molecule has 0 unspecified atom stereocenters. The number of carbonyl (C=O) groups excluding carboxylic acids is 1. The summed E-state index contributed by atoms with van der Waals surface area (Å²) in [5.74, 6) is -1.02. The molecule has 104 valence electrons. The number of aryl methyl sites for hydroxylation is 2. The van der Waals surface area contributed by atoms with Crippen LogP contribution in [0.4, 0.5) is 10.2 Å². The number of hydrogen-bond donors (Lipinski definition) is 1. The number of hydrogen-bond acceptors (Lipinski definition) is 2. The van der Waals surface area contributed by atoms with E-state index >= 15 is 0 Å². The van der Waals surface area contributed by atoms with Gasteiger partial charge in [-0.3, -0.25) is 4.79 Å². The summed E-state index contributed by atoms with van der Waals surface area (Å²) in [6, 6.07) is 6.07. The van der Waals surface area contributed by atoms with Crippen LogP contribution in [0.15, 0.2) is 24.3 Å². The Balaban J connectivity index is 2.33. The summed E-state index contributed by atoms with van der Waals surface area (Å²) < 4.78 is 13.9. The Morgan fingerprint density at radius 3 is 2.65 bits per heavy atom. The Kier molecular flexibility index (Phi) is 4.26. The first-order valence-electron chi connectivity index (χ1n) is 5.79. The second kappa shape index (κ2) is 5.77. The number of aromatic nitrogens is 1. The number of halogens is 3. The summed E-state index contributed by atoms with van der Waals surface area (Å²) in [7, 11) is 0. The number of rotatable bonds is 2. The lowest BCUT2D eigenvalue weighted by molar-refractivity contribution is 0.102. The van der Waals surface area contributed by atoms with Crippen LogP contribution in [0.2, 0.25) is 10.0 Å². The van der Waals surface area contributed by atoms with Crippen LogP contribution in [-0.4, -0.2) is 10.9 Å². The van der Waals surface area contributed by atoms with Crippen LogP contribution in [-0.2, 0) is 0 Å². The lowest BCUT2D eigenvalue weighted by Crippen LogP contribution is -2.16. The fraction of sp³-hybridized carbons (Fsp3) is 0.143. The molecule has 1 N–H and O–H groups in total. The molecule has 0 saturated heterocycles. The van der Waals surface area contributed by atoms with Crippen molar-refractivity contribution in [3.05, 3.63) is 56.9 Å². The highest BCUT2D eigenvalue weighted by Crippen LogP contribution is 2.26. The topological polar surface area (TPSA) is 42.0 Å². The van der Waals surface area contributed by atoms with E-state index in [1.54, 1.807) is 26.0 Å². The maximum absolute atomic E-state index is 13.9. The summed E-state index contributed by atoms with van der Waals surface area (Å²) >= 11 is 11.8. The quantitative estimate of drug-likeness (QED) is 0.893. The Bertz CT molecular complexity index is 689. The first-order chi connectivity index (χ1) is 9.40. The molecule has 1 amide bonds. The Hall–Kier alpha value is -1.65. The largest absolute Gasteiger partial charge is 0.305 e. The molecule has 6 heteroatoms. The van der Waals surface area contributed by atoms with Crippen molar-refractivity contribution in [3.63, 3.8) is 0 Å². The number of amides is 1. The lowest BCUT2D eigenvalue weighted by atomic mass is 10.1. The molecular weight excluding hydrogens is 302 g/mol. The molecule has 0 radical (unpaired) electrons. The van der Waals surface area contributed by atoms with Gasteiger partial charge in [-0.1, -0.05) is 35.3 Å². The Morgan fingerprint density at radius 2 is 1.95 bits per heavy atom. The summed E-state index contributed by atoms with van der Waals surface area (Å²) in [5, 5.41) is 3.08. The number of benzene rings is 1. The maximum atomic E-state index is 13.9. The van der Waals surface area contributed by atoms with Gasteiger partial charge in [-0.05, 0) is 31.5 Å². The standard InChI is InChI=1S/C14H11Cl2FN2O/c1-7-4-3-5-9(12(7)17)14(20)19-13-11(16)6-10(15)8(2)18-13/h3-6H,1-2H3,(H,18,19,20). The van der Waals surface area contributed by atoms with Gasteiger partial charge in [0.1, 0.15) is 5.82 Å². The van der Waals surface area contributed by atoms with Crippen LogP contribution in [0.1, 0.15) is 21.6 Å². The minimum absolute atomic E-state index is 0.0598. The van der Waals surface area contributed by atoms with Gasteiger partial charge in [-0.2, -0.15) is 0 Å². The van der Waals surface area contributed by atoms with Crippen molar-refractivity contribution >= 4 is 34.9 Å². The number of nitrogens with one attached hydrogen (secondary N) is 1. The zero-order valence-electron chi connectivity index (χ0n) is 10.8. The first-order valence-corrected chi connectivity index (χ1v) is 6.55. The van der Waals surface area contributed by atoms with Gasteiger partial charge < -0.3 is 5.32 Å². The normalized spacial score (nSPS) is 10.4. The molecule has 0 fully saturated rings. The number of carbonyl (C=O) groups is 1. The van der Waals surface area contributed by atoms with Gasteiger partial charge >= 0.3 is 0 Å². The zero-order valence-corrected chi connectivity index (χ0v) is 12.3. The van der Waals surface area contributed by atoms with Crippen molar-refractivity contribution in [2.75, 3.05) is 5.32 Å². The third-order valence-corrected chi connectivity index (χ3v) is 3.44. The van der Waals surface area contributed by atoms with Crippen molar-refractivity contribution in [1.82, 2.24) is 4.98 Å². The number of nitrogens with zero attached hydrogens (tertiary/aromatic N) is 1. The van der Waals surface area contributed by atoms with Crippen molar-refractivity contribution < 1.29 is 9.18 Å². The summed E-state index contributed by atoms with van der Waals surface area (Å²) in [6.07, 6.45) is 0. The van der Waals surface area contributed by atoms with E-state index in [0.717, 1.165) is 0 Å². The minimum Gasteiger partial charge on any atom is -0.305 e. The van der Waals surface area contributed by atoms with Gasteiger partial charge in [-0.25, -0.2) is 9.37 Å². The molecule has 2 rings (SSSR count). The SMILES string of the molecule is Cc1cccc(C(=O)Nc2nc(C)c(Cl)cc2Cl)c1F. The molecular formula is C14H11Cl2FN2O. The van der Waals surface area contributed by atoms with E-state index in [9.17, 15) is 9.18 Å². The second-order valence-electron chi connectivity index (χ2n) is 4.28. The molecule has 20 heavy (non-hydrogen) atoms. The van der Waals surface area contributed by atoms with Gasteiger partial charge in [0.05, 0.1) is 21.3 Å². The fourth-order valence-electron chi connectivity index (χ4n) is 1.64. The van der Waals surface area contributed by atoms with Gasteiger partial charge in [0.2, 0.25) is 0 Å². The van der Waals surface area contributed by atoms with Crippen LogP contribution >= 0.6 is 23.2 Å². The predicted molar refractivity (Wildman–Crippen MR) is 78.1 cm³/mol.